The molecular weight excluding hydrogens is 226 g/mol. The van der Waals surface area contributed by atoms with Crippen LogP contribution in [-0.2, 0) is 0 Å². The van der Waals surface area contributed by atoms with E-state index in [9.17, 15) is 0 Å². The number of thioether (sulfide) groups is 1. The average molecular weight is 249 g/mol. The van der Waals surface area contributed by atoms with E-state index in [0.717, 1.165) is 19.4 Å². The van der Waals surface area contributed by atoms with E-state index in [1.54, 1.807) is 11.8 Å². The molecule has 0 spiro atoms. The number of allylic oxidation sites excluding steroid dienone is 1. The van der Waals surface area contributed by atoms with Gasteiger partial charge in [0, 0.05) is 10.9 Å². The Balaban J connectivity index is 2.68. The number of nitrogens with one attached hydrogen (secondary N) is 1. The molecule has 0 heterocycles. The lowest BCUT2D eigenvalue weighted by atomic mass is 10.0. The zero-order chi connectivity index (χ0) is 12.5. The Morgan fingerprint density at radius 1 is 1.35 bits per heavy atom. The molecule has 0 aliphatic carbocycles. The van der Waals surface area contributed by atoms with Gasteiger partial charge >= 0.3 is 0 Å². The quantitative estimate of drug-likeness (QED) is 0.541. The second kappa shape index (κ2) is 8.37. The molecular formula is C15H23NS. The second-order valence-electron chi connectivity index (χ2n) is 4.15. The van der Waals surface area contributed by atoms with Crippen molar-refractivity contribution in [3.8, 4) is 0 Å². The number of rotatable bonds is 8. The largest absolute Gasteiger partial charge is 0.310 e. The molecule has 17 heavy (non-hydrogen) atoms. The van der Waals surface area contributed by atoms with E-state index < -0.39 is 0 Å². The van der Waals surface area contributed by atoms with Crippen molar-refractivity contribution in [2.24, 2.45) is 0 Å². The van der Waals surface area contributed by atoms with Crippen molar-refractivity contribution < 1.29 is 0 Å². The van der Waals surface area contributed by atoms with E-state index in [4.69, 9.17) is 0 Å². The minimum Gasteiger partial charge on any atom is -0.310 e. The van der Waals surface area contributed by atoms with Crippen LogP contribution in [0, 0.1) is 0 Å². The molecule has 0 bridgehead atoms. The lowest BCUT2D eigenvalue weighted by Crippen LogP contribution is -2.21. The summed E-state index contributed by atoms with van der Waals surface area (Å²) in [5.74, 6) is 0. The molecule has 1 rings (SSSR count). The van der Waals surface area contributed by atoms with Gasteiger partial charge < -0.3 is 5.32 Å². The van der Waals surface area contributed by atoms with Crippen LogP contribution < -0.4 is 5.32 Å². The minimum absolute atomic E-state index is 0.462. The molecule has 0 fully saturated rings. The van der Waals surface area contributed by atoms with Crippen LogP contribution in [0.5, 0.6) is 0 Å². The summed E-state index contributed by atoms with van der Waals surface area (Å²) in [6, 6.07) is 9.34. The first kappa shape index (κ1) is 14.3. The summed E-state index contributed by atoms with van der Waals surface area (Å²) in [4.78, 5) is 1.33. The maximum absolute atomic E-state index is 3.80. The summed E-state index contributed by atoms with van der Waals surface area (Å²) in [5, 5.41) is 3.60. The molecule has 0 aliphatic rings. The molecule has 2 heteroatoms. The molecule has 0 saturated heterocycles. The van der Waals surface area contributed by atoms with Crippen molar-refractivity contribution in [1.82, 2.24) is 5.32 Å². The van der Waals surface area contributed by atoms with Crippen molar-refractivity contribution in [2.75, 3.05) is 12.8 Å². The molecule has 1 unspecified atom stereocenters. The molecule has 1 aromatic carbocycles. The average Bonchev–Trinajstić information content (AvgIpc) is 2.39. The molecule has 0 radical (unpaired) electrons. The highest BCUT2D eigenvalue weighted by molar-refractivity contribution is 7.98. The van der Waals surface area contributed by atoms with Crippen LogP contribution in [0.3, 0.4) is 0 Å². The Hall–Kier alpha value is -0.730. The Labute approximate surface area is 110 Å². The highest BCUT2D eigenvalue weighted by Crippen LogP contribution is 2.22. The second-order valence-corrected chi connectivity index (χ2v) is 5.03. The first-order valence-corrected chi connectivity index (χ1v) is 7.52. The predicted molar refractivity (Wildman–Crippen MR) is 78.7 cm³/mol. The molecule has 1 atom stereocenters. The highest BCUT2D eigenvalue weighted by atomic mass is 32.2. The highest BCUT2D eigenvalue weighted by Gasteiger charge is 2.09. The Bertz CT molecular complexity index is 318. The monoisotopic (exact) mass is 249 g/mol. The molecule has 0 aromatic heterocycles. The fourth-order valence-electron chi connectivity index (χ4n) is 1.83. The van der Waals surface area contributed by atoms with Gasteiger partial charge in [-0.25, -0.2) is 0 Å². The van der Waals surface area contributed by atoms with Gasteiger partial charge in [-0.15, -0.1) is 18.3 Å². The van der Waals surface area contributed by atoms with Crippen molar-refractivity contribution in [1.29, 1.82) is 0 Å². The van der Waals surface area contributed by atoms with Gasteiger partial charge in [-0.1, -0.05) is 25.1 Å². The SMILES string of the molecule is C=CCCC(NCCC)c1ccc(SC)cc1. The molecule has 0 saturated carbocycles. The standard InChI is InChI=1S/C15H23NS/c1-4-6-7-15(16-12-5-2)13-8-10-14(17-3)11-9-13/h4,8-11,15-16H,1,5-7,12H2,2-3H3. The minimum atomic E-state index is 0.462. The van der Waals surface area contributed by atoms with E-state index in [-0.39, 0.29) is 0 Å². The molecule has 0 amide bonds. The summed E-state index contributed by atoms with van der Waals surface area (Å²) < 4.78 is 0. The number of hydrogen-bond donors (Lipinski definition) is 1. The lowest BCUT2D eigenvalue weighted by Gasteiger charge is -2.18. The third kappa shape index (κ3) is 4.97. The normalized spacial score (nSPS) is 12.4. The van der Waals surface area contributed by atoms with E-state index in [1.165, 1.54) is 16.9 Å². The maximum Gasteiger partial charge on any atom is 0.0323 e. The third-order valence-corrected chi connectivity index (χ3v) is 3.56. The van der Waals surface area contributed by atoms with Crippen LogP contribution in [0.25, 0.3) is 0 Å². The molecule has 1 nitrogen and oxygen atoms in total. The van der Waals surface area contributed by atoms with Gasteiger partial charge in [0.1, 0.15) is 0 Å². The smallest absolute Gasteiger partial charge is 0.0323 e. The summed E-state index contributed by atoms with van der Waals surface area (Å²) in [5.41, 5.74) is 1.39. The topological polar surface area (TPSA) is 12.0 Å². The van der Waals surface area contributed by atoms with Gasteiger partial charge in [0.15, 0.2) is 0 Å². The fourth-order valence-corrected chi connectivity index (χ4v) is 2.23. The van der Waals surface area contributed by atoms with Crippen molar-refractivity contribution >= 4 is 11.8 Å². The Kier molecular flexibility index (Phi) is 7.06. The Morgan fingerprint density at radius 3 is 2.59 bits per heavy atom. The van der Waals surface area contributed by atoms with Crippen LogP contribution >= 0.6 is 11.8 Å². The molecule has 0 aliphatic heterocycles. The molecule has 94 valence electrons. The van der Waals surface area contributed by atoms with Crippen LogP contribution in [-0.4, -0.2) is 12.8 Å². The number of hydrogen-bond acceptors (Lipinski definition) is 2. The van der Waals surface area contributed by atoms with Crippen LogP contribution in [0.1, 0.15) is 37.8 Å². The van der Waals surface area contributed by atoms with E-state index in [2.05, 4.69) is 49.3 Å². The van der Waals surface area contributed by atoms with Crippen molar-refractivity contribution in [2.45, 2.75) is 37.1 Å². The van der Waals surface area contributed by atoms with Gasteiger partial charge in [-0.2, -0.15) is 0 Å². The lowest BCUT2D eigenvalue weighted by molar-refractivity contribution is 0.503. The fraction of sp³-hybridized carbons (Fsp3) is 0.467. The van der Waals surface area contributed by atoms with Crippen molar-refractivity contribution in [3.05, 3.63) is 42.5 Å². The maximum atomic E-state index is 3.80. The summed E-state index contributed by atoms with van der Waals surface area (Å²) in [6.45, 7) is 7.08. The van der Waals surface area contributed by atoms with E-state index in [0.29, 0.717) is 6.04 Å². The predicted octanol–water partition coefficient (Wildman–Crippen LogP) is 4.42. The summed E-state index contributed by atoms with van der Waals surface area (Å²) in [6.07, 6.45) is 7.47. The summed E-state index contributed by atoms with van der Waals surface area (Å²) >= 11 is 1.79. The van der Waals surface area contributed by atoms with Gasteiger partial charge in [-0.3, -0.25) is 0 Å². The first-order valence-electron chi connectivity index (χ1n) is 6.30. The first-order chi connectivity index (χ1) is 8.31. The van der Waals surface area contributed by atoms with Crippen molar-refractivity contribution in [3.63, 3.8) is 0 Å². The van der Waals surface area contributed by atoms with Gasteiger partial charge in [0.25, 0.3) is 0 Å². The van der Waals surface area contributed by atoms with Crippen LogP contribution in [0.2, 0.25) is 0 Å². The molecule has 1 aromatic rings. The zero-order valence-corrected chi connectivity index (χ0v) is 11.7. The molecule has 1 N–H and O–H groups in total. The van der Waals surface area contributed by atoms with Gasteiger partial charge in [-0.05, 0) is 49.8 Å². The van der Waals surface area contributed by atoms with Crippen LogP contribution in [0.4, 0.5) is 0 Å². The van der Waals surface area contributed by atoms with Crippen LogP contribution in [0.15, 0.2) is 41.8 Å². The van der Waals surface area contributed by atoms with Gasteiger partial charge in [0.05, 0.1) is 0 Å². The zero-order valence-electron chi connectivity index (χ0n) is 10.9. The van der Waals surface area contributed by atoms with E-state index >= 15 is 0 Å². The summed E-state index contributed by atoms with van der Waals surface area (Å²) in [7, 11) is 0. The third-order valence-electron chi connectivity index (χ3n) is 2.82. The Morgan fingerprint density at radius 2 is 2.06 bits per heavy atom. The number of benzene rings is 1. The van der Waals surface area contributed by atoms with Gasteiger partial charge in [0.2, 0.25) is 0 Å². The van der Waals surface area contributed by atoms with E-state index in [1.807, 2.05) is 6.08 Å².